The summed E-state index contributed by atoms with van der Waals surface area (Å²) in [7, 11) is 0. The van der Waals surface area contributed by atoms with Gasteiger partial charge in [-0.1, -0.05) is 333 Å². The maximum Gasteiger partial charge on any atom is 4.00 e. The van der Waals surface area contributed by atoms with E-state index in [2.05, 4.69) is 76.3 Å². The van der Waals surface area contributed by atoms with Gasteiger partial charge in [0.15, 0.2) is 0 Å². The second-order valence-electron chi connectivity index (χ2n) is 25.7. The van der Waals surface area contributed by atoms with Crippen molar-refractivity contribution >= 4 is 23.9 Å². The Labute approximate surface area is 568 Å². The molecule has 0 bridgehead atoms. The fourth-order valence-electron chi connectivity index (χ4n) is 10.8. The van der Waals surface area contributed by atoms with Gasteiger partial charge < -0.3 is 39.6 Å². The molecule has 89 heavy (non-hydrogen) atoms. The number of hydrogen-bond donors (Lipinski definition) is 0. The van der Waals surface area contributed by atoms with Gasteiger partial charge in [0, 0.05) is 23.9 Å². The molecule has 0 aliphatic rings. The molecule has 0 aliphatic carbocycles. The molecule has 9 heteroatoms. The first-order valence-electron chi connectivity index (χ1n) is 38.5. The number of carbonyl (C=O) groups excluding carboxylic acids is 4. The molecule has 0 aromatic rings. The summed E-state index contributed by atoms with van der Waals surface area (Å²) in [5, 5.41) is 41.0. The summed E-state index contributed by atoms with van der Waals surface area (Å²) in [5.41, 5.74) is 0. The van der Waals surface area contributed by atoms with E-state index >= 15 is 0 Å². The van der Waals surface area contributed by atoms with Crippen molar-refractivity contribution in [3.63, 3.8) is 0 Å². The fraction of sp³-hybridized carbons (Fsp3) is 0.850. The van der Waals surface area contributed by atoms with Crippen LogP contribution in [0.25, 0.3) is 0 Å². The fourth-order valence-corrected chi connectivity index (χ4v) is 10.8. The van der Waals surface area contributed by atoms with Crippen LogP contribution in [0.15, 0.2) is 48.6 Å². The third-order valence-electron chi connectivity index (χ3n) is 16.6. The first kappa shape index (κ1) is 95.2. The number of carboxylic acid groups (broad SMARTS) is 4. The minimum absolute atomic E-state index is 0. The summed E-state index contributed by atoms with van der Waals surface area (Å²) >= 11 is 0. The topological polar surface area (TPSA) is 161 Å². The van der Waals surface area contributed by atoms with E-state index < -0.39 is 23.9 Å². The molecule has 0 saturated heterocycles. The van der Waals surface area contributed by atoms with Crippen LogP contribution in [0.5, 0.6) is 0 Å². The first-order chi connectivity index (χ1) is 43.1. The van der Waals surface area contributed by atoms with Gasteiger partial charge >= 0.3 is 21.1 Å². The molecule has 522 valence electrons. The Kier molecular flexibility index (Phi) is 98.4. The summed E-state index contributed by atoms with van der Waals surface area (Å²) in [6.45, 7) is 9.07. The molecule has 0 saturated carbocycles. The van der Waals surface area contributed by atoms with E-state index in [1.807, 2.05) is 0 Å². The summed E-state index contributed by atoms with van der Waals surface area (Å²) in [6, 6.07) is 0. The third kappa shape index (κ3) is 110. The van der Waals surface area contributed by atoms with Crippen LogP contribution in [-0.2, 0) is 40.2 Å². The molecule has 0 heterocycles. The molecule has 0 atom stereocenters. The Morgan fingerprint density at radius 2 is 0.281 bits per heavy atom. The number of carbonyl (C=O) groups is 4. The van der Waals surface area contributed by atoms with E-state index in [1.54, 1.807) is 0 Å². The van der Waals surface area contributed by atoms with Gasteiger partial charge in [0.2, 0.25) is 0 Å². The van der Waals surface area contributed by atoms with Gasteiger partial charge in [-0.05, 0) is 154 Å². The number of rotatable bonds is 68. The van der Waals surface area contributed by atoms with Crippen LogP contribution in [0.4, 0.5) is 0 Å². The molecule has 0 aliphatic heterocycles. The van der Waals surface area contributed by atoms with Crippen LogP contribution in [0.2, 0.25) is 0 Å². The number of hydrogen-bond acceptors (Lipinski definition) is 8. The van der Waals surface area contributed by atoms with Crippen LogP contribution >= 0.6 is 0 Å². The van der Waals surface area contributed by atoms with Crippen LogP contribution < -0.4 is 20.4 Å². The Balaban J connectivity index is -0.000000351. The number of carboxylic acids is 4. The van der Waals surface area contributed by atoms with Crippen molar-refractivity contribution in [1.29, 1.82) is 0 Å². The van der Waals surface area contributed by atoms with Gasteiger partial charge in [0.25, 0.3) is 0 Å². The van der Waals surface area contributed by atoms with E-state index in [-0.39, 0.29) is 46.7 Å². The predicted molar refractivity (Wildman–Crippen MR) is 375 cm³/mol. The van der Waals surface area contributed by atoms with Gasteiger partial charge in [0.1, 0.15) is 0 Å². The quantitative estimate of drug-likeness (QED) is 0.0430. The molecule has 8 nitrogen and oxygen atoms in total. The van der Waals surface area contributed by atoms with Crippen molar-refractivity contribution in [2.24, 2.45) is 0 Å². The van der Waals surface area contributed by atoms with Crippen molar-refractivity contribution in [2.75, 3.05) is 0 Å². The zero-order chi connectivity index (χ0) is 65.2. The van der Waals surface area contributed by atoms with Crippen LogP contribution in [0.3, 0.4) is 0 Å². The molecule has 0 rings (SSSR count). The van der Waals surface area contributed by atoms with Gasteiger partial charge in [0.05, 0.1) is 0 Å². The Bertz CT molecular complexity index is 1260. The minimum Gasteiger partial charge on any atom is -0.550 e. The largest absolute Gasteiger partial charge is 4.00 e. The molecule has 0 fully saturated rings. The third-order valence-corrected chi connectivity index (χ3v) is 16.6. The van der Waals surface area contributed by atoms with E-state index in [1.165, 1.54) is 308 Å². The van der Waals surface area contributed by atoms with Gasteiger partial charge in [-0.15, -0.1) is 0 Å². The SMILES string of the molecule is CCCCCCCCCC/C=C\CCCCCCCC(=O)[O-].CCCCCCCCCC/C=C\CCCCCCCC(=O)[O-].CCCCCCCCCC/C=C\CCCCCCCC(=O)[O-].CCCCCCCCCC/C=C\CCCCCCCC(=O)[O-].[W+4]. The van der Waals surface area contributed by atoms with Gasteiger partial charge in [-0.2, -0.15) is 0 Å². The Morgan fingerprint density at radius 1 is 0.180 bits per heavy atom. The number of aliphatic carboxylic acids is 4. The minimum atomic E-state index is -0.913. The van der Waals surface area contributed by atoms with Crippen molar-refractivity contribution in [3.05, 3.63) is 48.6 Å². The predicted octanol–water partition coefficient (Wildman–Crippen LogP) is 22.2. The molecule has 0 spiro atoms. The zero-order valence-corrected chi connectivity index (χ0v) is 62.5. The maximum absolute atomic E-state index is 10.2. The smallest absolute Gasteiger partial charge is 0.550 e. The monoisotopic (exact) mass is 1420 g/mol. The molecular formula is C80H148O8W. The van der Waals surface area contributed by atoms with E-state index in [0.717, 1.165) is 77.0 Å². The summed E-state index contributed by atoms with van der Waals surface area (Å²) in [6.07, 6.45) is 95.3. The number of unbranched alkanes of at least 4 members (excludes halogenated alkanes) is 52. The van der Waals surface area contributed by atoms with Crippen molar-refractivity contribution in [3.8, 4) is 0 Å². The molecule has 0 aromatic carbocycles. The number of allylic oxidation sites excluding steroid dienone is 8. The normalized spacial score (nSPS) is 11.2. The molecule has 0 radical (unpaired) electrons. The van der Waals surface area contributed by atoms with Crippen molar-refractivity contribution in [2.45, 2.75) is 439 Å². The average Bonchev–Trinajstić information content (AvgIpc) is 3.50. The van der Waals surface area contributed by atoms with Gasteiger partial charge in [-0.25, -0.2) is 0 Å². The van der Waals surface area contributed by atoms with Crippen molar-refractivity contribution < 1.29 is 60.7 Å². The summed E-state index contributed by atoms with van der Waals surface area (Å²) in [4.78, 5) is 41.0. The standard InChI is InChI=1S/4C20H38O2.W/c4*1-2-3-4-5-6-7-8-9-10-11-12-13-14-15-16-17-18-19-20(21)22;/h4*11-12H,2-10,13-19H2,1H3,(H,21,22);/q;;;;+4/p-4/b4*12-11-;. The summed E-state index contributed by atoms with van der Waals surface area (Å²) in [5.74, 6) is -3.65. The molecule has 0 aromatic heterocycles. The molecule has 0 N–H and O–H groups in total. The molecule has 0 unspecified atom stereocenters. The molecule has 0 amide bonds. The van der Waals surface area contributed by atoms with E-state index in [0.29, 0.717) is 0 Å². The molecular weight excluding hydrogens is 1270 g/mol. The first-order valence-corrected chi connectivity index (χ1v) is 38.5. The zero-order valence-electron chi connectivity index (χ0n) is 59.5. The second-order valence-corrected chi connectivity index (χ2v) is 25.7. The second kappa shape index (κ2) is 91.9. The van der Waals surface area contributed by atoms with Crippen LogP contribution in [-0.4, -0.2) is 23.9 Å². The Hall–Kier alpha value is -2.47. The van der Waals surface area contributed by atoms with Crippen molar-refractivity contribution in [1.82, 2.24) is 0 Å². The van der Waals surface area contributed by atoms with E-state index in [9.17, 15) is 39.6 Å². The van der Waals surface area contributed by atoms with Crippen LogP contribution in [0, 0.1) is 0 Å². The maximum atomic E-state index is 10.2. The Morgan fingerprint density at radius 3 is 0.393 bits per heavy atom. The van der Waals surface area contributed by atoms with Gasteiger partial charge in [-0.3, -0.25) is 0 Å². The van der Waals surface area contributed by atoms with E-state index in [4.69, 9.17) is 0 Å². The average molecular weight is 1420 g/mol. The van der Waals surface area contributed by atoms with Crippen LogP contribution in [0.1, 0.15) is 439 Å². The summed E-state index contributed by atoms with van der Waals surface area (Å²) < 4.78 is 0.